The number of anilines is 1. The van der Waals surface area contributed by atoms with Gasteiger partial charge in [0.2, 0.25) is 15.9 Å². The standard InChI is InChI=1S/C20H23N3O5S/c1-14(20(24)21-19-12-5-8-15-7-3-4-11-18(15)19)22(29(2,27)28)16-9-6-10-17(13-16)23(25)26/h3-4,6-7,9-11,13-14,19H,5,8,12H2,1-2H3,(H,21,24). The molecule has 0 saturated heterocycles. The quantitative estimate of drug-likeness (QED) is 0.574. The van der Waals surface area contributed by atoms with Crippen LogP contribution in [-0.4, -0.2) is 31.5 Å². The lowest BCUT2D eigenvalue weighted by Crippen LogP contribution is -2.49. The van der Waals surface area contributed by atoms with Crippen LogP contribution in [0.4, 0.5) is 11.4 Å². The average Bonchev–Trinajstić information content (AvgIpc) is 2.67. The van der Waals surface area contributed by atoms with Crippen LogP contribution in [0.5, 0.6) is 0 Å². The molecule has 1 N–H and O–H groups in total. The van der Waals surface area contributed by atoms with Gasteiger partial charge in [0.15, 0.2) is 0 Å². The number of hydrogen-bond donors (Lipinski definition) is 1. The van der Waals surface area contributed by atoms with Gasteiger partial charge in [-0.2, -0.15) is 0 Å². The molecule has 0 aromatic heterocycles. The van der Waals surface area contributed by atoms with E-state index in [1.54, 1.807) is 0 Å². The number of sulfonamides is 1. The van der Waals surface area contributed by atoms with Crippen molar-refractivity contribution in [2.45, 2.75) is 38.3 Å². The summed E-state index contributed by atoms with van der Waals surface area (Å²) in [5.74, 6) is -0.455. The van der Waals surface area contributed by atoms with Crippen LogP contribution in [0.15, 0.2) is 48.5 Å². The van der Waals surface area contributed by atoms with Gasteiger partial charge in [-0.3, -0.25) is 19.2 Å². The van der Waals surface area contributed by atoms with E-state index in [1.165, 1.54) is 30.7 Å². The van der Waals surface area contributed by atoms with Crippen molar-refractivity contribution in [1.29, 1.82) is 0 Å². The van der Waals surface area contributed by atoms with E-state index in [0.717, 1.165) is 41.5 Å². The Hall–Kier alpha value is -2.94. The monoisotopic (exact) mass is 417 g/mol. The van der Waals surface area contributed by atoms with Crippen molar-refractivity contribution in [3.8, 4) is 0 Å². The van der Waals surface area contributed by atoms with Crippen molar-refractivity contribution < 1.29 is 18.1 Å². The molecule has 0 aliphatic heterocycles. The molecule has 1 aliphatic rings. The predicted octanol–water partition coefficient (Wildman–Crippen LogP) is 2.94. The summed E-state index contributed by atoms with van der Waals surface area (Å²) in [6, 6.07) is 11.9. The third-order valence-corrected chi connectivity index (χ3v) is 6.31. The second-order valence-electron chi connectivity index (χ2n) is 7.16. The van der Waals surface area contributed by atoms with Gasteiger partial charge in [-0.1, -0.05) is 30.3 Å². The molecular formula is C20H23N3O5S. The Morgan fingerprint density at radius 2 is 1.97 bits per heavy atom. The maximum absolute atomic E-state index is 13.0. The minimum absolute atomic E-state index is 0.0772. The van der Waals surface area contributed by atoms with Gasteiger partial charge in [-0.05, 0) is 43.4 Å². The summed E-state index contributed by atoms with van der Waals surface area (Å²) in [5, 5.41) is 14.0. The molecule has 0 spiro atoms. The first-order valence-corrected chi connectivity index (χ1v) is 11.2. The molecule has 154 valence electrons. The second kappa shape index (κ2) is 8.20. The van der Waals surface area contributed by atoms with Crippen molar-refractivity contribution in [3.05, 3.63) is 69.8 Å². The maximum Gasteiger partial charge on any atom is 0.271 e. The van der Waals surface area contributed by atoms with E-state index in [4.69, 9.17) is 0 Å². The number of carbonyl (C=O) groups is 1. The Bertz CT molecular complexity index is 1040. The van der Waals surface area contributed by atoms with Gasteiger partial charge < -0.3 is 5.32 Å². The lowest BCUT2D eigenvalue weighted by molar-refractivity contribution is -0.384. The Labute approximate surface area is 169 Å². The van der Waals surface area contributed by atoms with E-state index in [2.05, 4.69) is 5.32 Å². The van der Waals surface area contributed by atoms with Crippen molar-refractivity contribution >= 4 is 27.3 Å². The first-order valence-electron chi connectivity index (χ1n) is 9.30. The molecule has 0 radical (unpaired) electrons. The number of nitrogens with one attached hydrogen (secondary N) is 1. The third kappa shape index (κ3) is 4.56. The number of rotatable bonds is 6. The Balaban J connectivity index is 1.88. The first-order chi connectivity index (χ1) is 13.7. The summed E-state index contributed by atoms with van der Waals surface area (Å²) in [5.41, 5.74) is 2.05. The molecule has 0 fully saturated rings. The van der Waals surface area contributed by atoms with Crippen LogP contribution in [0, 0.1) is 10.1 Å². The summed E-state index contributed by atoms with van der Waals surface area (Å²) in [7, 11) is -3.86. The number of non-ortho nitro benzene ring substituents is 1. The zero-order chi connectivity index (χ0) is 21.2. The van der Waals surface area contributed by atoms with Gasteiger partial charge in [0.05, 0.1) is 22.9 Å². The minimum atomic E-state index is -3.86. The number of nitrogens with zero attached hydrogens (tertiary/aromatic N) is 2. The lowest BCUT2D eigenvalue weighted by atomic mass is 9.87. The number of benzene rings is 2. The number of nitro groups is 1. The Kier molecular flexibility index (Phi) is 5.88. The molecule has 9 heteroatoms. The fraction of sp³-hybridized carbons (Fsp3) is 0.350. The highest BCUT2D eigenvalue weighted by molar-refractivity contribution is 7.92. The van der Waals surface area contributed by atoms with Gasteiger partial charge in [0.25, 0.3) is 5.69 Å². The smallest absolute Gasteiger partial charge is 0.271 e. The number of nitro benzene ring substituents is 1. The van der Waals surface area contributed by atoms with Gasteiger partial charge in [0, 0.05) is 12.1 Å². The van der Waals surface area contributed by atoms with E-state index < -0.39 is 26.9 Å². The molecule has 1 aliphatic carbocycles. The molecule has 0 saturated carbocycles. The molecule has 2 aromatic rings. The minimum Gasteiger partial charge on any atom is -0.347 e. The van der Waals surface area contributed by atoms with E-state index in [9.17, 15) is 23.3 Å². The molecule has 8 nitrogen and oxygen atoms in total. The van der Waals surface area contributed by atoms with Crippen LogP contribution >= 0.6 is 0 Å². The van der Waals surface area contributed by atoms with Gasteiger partial charge >= 0.3 is 0 Å². The molecule has 2 aromatic carbocycles. The van der Waals surface area contributed by atoms with E-state index in [1.807, 2.05) is 24.3 Å². The van der Waals surface area contributed by atoms with Crippen molar-refractivity contribution in [2.75, 3.05) is 10.6 Å². The summed E-state index contributed by atoms with van der Waals surface area (Å²) < 4.78 is 25.8. The molecule has 1 amide bonds. The second-order valence-corrected chi connectivity index (χ2v) is 9.02. The summed E-state index contributed by atoms with van der Waals surface area (Å²) >= 11 is 0. The number of amides is 1. The Morgan fingerprint density at radius 3 is 2.66 bits per heavy atom. The van der Waals surface area contributed by atoms with E-state index >= 15 is 0 Å². The highest BCUT2D eigenvalue weighted by atomic mass is 32.2. The largest absolute Gasteiger partial charge is 0.347 e. The number of hydrogen-bond acceptors (Lipinski definition) is 5. The Morgan fingerprint density at radius 1 is 1.24 bits per heavy atom. The first kappa shape index (κ1) is 20.8. The van der Waals surface area contributed by atoms with Gasteiger partial charge in [-0.25, -0.2) is 8.42 Å². The molecule has 0 bridgehead atoms. The summed E-state index contributed by atoms with van der Waals surface area (Å²) in [4.78, 5) is 23.4. The highest BCUT2D eigenvalue weighted by Crippen LogP contribution is 2.30. The van der Waals surface area contributed by atoms with Crippen molar-refractivity contribution in [2.24, 2.45) is 0 Å². The molecule has 3 rings (SSSR count). The van der Waals surface area contributed by atoms with Crippen LogP contribution in [0.1, 0.15) is 36.9 Å². The molecule has 0 heterocycles. The van der Waals surface area contributed by atoms with Crippen molar-refractivity contribution in [1.82, 2.24) is 5.32 Å². The number of fused-ring (bicyclic) bond motifs is 1. The normalized spacial score (nSPS) is 17.1. The zero-order valence-corrected chi connectivity index (χ0v) is 17.1. The van der Waals surface area contributed by atoms with Gasteiger partial charge in [0.1, 0.15) is 6.04 Å². The van der Waals surface area contributed by atoms with Crippen LogP contribution in [-0.2, 0) is 21.2 Å². The van der Waals surface area contributed by atoms with Crippen molar-refractivity contribution in [3.63, 3.8) is 0 Å². The van der Waals surface area contributed by atoms with Crippen LogP contribution in [0.25, 0.3) is 0 Å². The summed E-state index contributed by atoms with van der Waals surface area (Å²) in [6.45, 7) is 1.48. The van der Waals surface area contributed by atoms with Crippen LogP contribution in [0.3, 0.4) is 0 Å². The third-order valence-electron chi connectivity index (χ3n) is 5.07. The number of aryl methyl sites for hydroxylation is 1. The zero-order valence-electron chi connectivity index (χ0n) is 16.2. The molecule has 2 unspecified atom stereocenters. The van der Waals surface area contributed by atoms with Crippen LogP contribution in [0.2, 0.25) is 0 Å². The summed E-state index contributed by atoms with van der Waals surface area (Å²) in [6.07, 6.45) is 3.62. The fourth-order valence-corrected chi connectivity index (χ4v) is 4.92. The molecule has 2 atom stereocenters. The topological polar surface area (TPSA) is 110 Å². The fourth-order valence-electron chi connectivity index (χ4n) is 3.75. The van der Waals surface area contributed by atoms with Crippen LogP contribution < -0.4 is 9.62 Å². The average molecular weight is 417 g/mol. The SMILES string of the molecule is CC(C(=O)NC1CCCc2ccccc21)N(c1cccc([N+](=O)[O-])c1)S(C)(=O)=O. The maximum atomic E-state index is 13.0. The van der Waals surface area contributed by atoms with E-state index in [0.29, 0.717) is 0 Å². The van der Waals surface area contributed by atoms with E-state index in [-0.39, 0.29) is 17.4 Å². The van der Waals surface area contributed by atoms with Gasteiger partial charge in [-0.15, -0.1) is 0 Å². The highest BCUT2D eigenvalue weighted by Gasteiger charge is 2.32. The molecular weight excluding hydrogens is 394 g/mol. The number of carbonyl (C=O) groups excluding carboxylic acids is 1. The lowest BCUT2D eigenvalue weighted by Gasteiger charge is -2.31. The molecule has 29 heavy (non-hydrogen) atoms. The predicted molar refractivity (Wildman–Crippen MR) is 110 cm³/mol.